The lowest BCUT2D eigenvalue weighted by molar-refractivity contribution is 0.0944. The number of nitrogens with one attached hydrogen (secondary N) is 1. The number of hydrogen-bond acceptors (Lipinski definition) is 5. The van der Waals surface area contributed by atoms with Gasteiger partial charge in [-0.05, 0) is 30.3 Å². The Morgan fingerprint density at radius 3 is 2.85 bits per heavy atom. The van der Waals surface area contributed by atoms with Crippen molar-refractivity contribution in [3.8, 4) is 0 Å². The Morgan fingerprint density at radius 1 is 1.19 bits per heavy atom. The van der Waals surface area contributed by atoms with Crippen LogP contribution in [-0.4, -0.2) is 22.2 Å². The van der Waals surface area contributed by atoms with Crippen molar-refractivity contribution < 1.29 is 13.6 Å². The number of aromatic nitrogens is 2. The molecule has 4 rings (SSSR count). The molecule has 0 unspecified atom stereocenters. The van der Waals surface area contributed by atoms with Gasteiger partial charge in [0.1, 0.15) is 22.9 Å². The molecule has 130 valence electrons. The highest BCUT2D eigenvalue weighted by molar-refractivity contribution is 5.96. The Balaban J connectivity index is 1.58. The summed E-state index contributed by atoms with van der Waals surface area (Å²) >= 11 is 0. The molecule has 0 aliphatic heterocycles. The van der Waals surface area contributed by atoms with Gasteiger partial charge in [0.15, 0.2) is 0 Å². The predicted octanol–water partition coefficient (Wildman–Crippen LogP) is 2.60. The molecule has 0 saturated heterocycles. The van der Waals surface area contributed by atoms with Crippen LogP contribution in [0.4, 0.5) is 0 Å². The summed E-state index contributed by atoms with van der Waals surface area (Å²) in [6, 6.07) is 13.6. The lowest BCUT2D eigenvalue weighted by atomic mass is 10.1. The third kappa shape index (κ3) is 3.02. The zero-order chi connectivity index (χ0) is 17.9. The monoisotopic (exact) mass is 349 g/mol. The van der Waals surface area contributed by atoms with Gasteiger partial charge in [-0.1, -0.05) is 18.2 Å². The van der Waals surface area contributed by atoms with E-state index in [-0.39, 0.29) is 18.2 Å². The number of amides is 1. The van der Waals surface area contributed by atoms with Gasteiger partial charge in [-0.25, -0.2) is 4.79 Å². The second kappa shape index (κ2) is 6.72. The van der Waals surface area contributed by atoms with Crippen molar-refractivity contribution in [3.63, 3.8) is 0 Å². The lowest BCUT2D eigenvalue weighted by Crippen LogP contribution is -2.33. The number of nitrogens with zero attached hydrogens (tertiary/aromatic N) is 2. The molecule has 1 atom stereocenters. The molecule has 26 heavy (non-hydrogen) atoms. The third-order valence-electron chi connectivity index (χ3n) is 4.06. The van der Waals surface area contributed by atoms with Crippen LogP contribution in [0.2, 0.25) is 0 Å². The Bertz CT molecular complexity index is 1050. The molecular weight excluding hydrogens is 334 g/mol. The van der Waals surface area contributed by atoms with Gasteiger partial charge in [-0.2, -0.15) is 5.10 Å². The van der Waals surface area contributed by atoms with Gasteiger partial charge in [0.05, 0.1) is 6.26 Å². The normalized spacial score (nSPS) is 12.2. The molecule has 0 radical (unpaired) electrons. The van der Waals surface area contributed by atoms with Crippen molar-refractivity contribution in [1.29, 1.82) is 0 Å². The summed E-state index contributed by atoms with van der Waals surface area (Å²) in [4.78, 5) is 24.6. The summed E-state index contributed by atoms with van der Waals surface area (Å²) in [6.07, 6.45) is 4.99. The Kier molecular flexibility index (Phi) is 4.10. The molecule has 7 heteroatoms. The average Bonchev–Trinajstić information content (AvgIpc) is 3.35. The summed E-state index contributed by atoms with van der Waals surface area (Å²) in [5.74, 6) is 0.146. The fourth-order valence-corrected chi connectivity index (χ4v) is 2.78. The number of carbonyl (C=O) groups is 1. The van der Waals surface area contributed by atoms with Gasteiger partial charge >= 0.3 is 5.63 Å². The van der Waals surface area contributed by atoms with Gasteiger partial charge in [0.2, 0.25) is 0 Å². The largest absolute Gasteiger partial charge is 0.467 e. The topological polar surface area (TPSA) is 90.3 Å². The maximum absolute atomic E-state index is 12.5. The van der Waals surface area contributed by atoms with Crippen molar-refractivity contribution in [2.45, 2.75) is 6.04 Å². The van der Waals surface area contributed by atoms with Crippen LogP contribution < -0.4 is 10.9 Å². The van der Waals surface area contributed by atoms with E-state index in [1.807, 2.05) is 12.1 Å². The van der Waals surface area contributed by atoms with E-state index >= 15 is 0 Å². The molecule has 3 heterocycles. The van der Waals surface area contributed by atoms with E-state index in [9.17, 15) is 9.59 Å². The van der Waals surface area contributed by atoms with E-state index in [4.69, 9.17) is 8.83 Å². The fourth-order valence-electron chi connectivity index (χ4n) is 2.78. The van der Waals surface area contributed by atoms with Crippen LogP contribution in [0.3, 0.4) is 0 Å². The van der Waals surface area contributed by atoms with Crippen molar-refractivity contribution in [1.82, 2.24) is 15.1 Å². The first-order chi connectivity index (χ1) is 12.7. The van der Waals surface area contributed by atoms with E-state index in [1.54, 1.807) is 53.7 Å². The van der Waals surface area contributed by atoms with Gasteiger partial charge in [-0.3, -0.25) is 9.48 Å². The van der Waals surface area contributed by atoms with Crippen molar-refractivity contribution in [2.75, 3.05) is 6.54 Å². The molecule has 7 nitrogen and oxygen atoms in total. The molecule has 1 aromatic carbocycles. The summed E-state index contributed by atoms with van der Waals surface area (Å²) in [5, 5.41) is 7.66. The minimum absolute atomic E-state index is 0.0395. The van der Waals surface area contributed by atoms with Crippen LogP contribution in [0, 0.1) is 0 Å². The molecule has 0 aliphatic carbocycles. The highest BCUT2D eigenvalue weighted by Crippen LogP contribution is 2.17. The number of fused-ring (bicyclic) bond motifs is 1. The van der Waals surface area contributed by atoms with E-state index in [1.165, 1.54) is 6.07 Å². The molecule has 0 spiro atoms. The van der Waals surface area contributed by atoms with Crippen LogP contribution in [0.15, 0.2) is 80.8 Å². The maximum Gasteiger partial charge on any atom is 0.349 e. The molecule has 0 fully saturated rings. The van der Waals surface area contributed by atoms with Crippen LogP contribution in [0.1, 0.15) is 22.2 Å². The Hall–Kier alpha value is -3.61. The Morgan fingerprint density at radius 2 is 2.08 bits per heavy atom. The lowest BCUT2D eigenvalue weighted by Gasteiger charge is -2.16. The molecule has 0 bridgehead atoms. The first-order valence-electron chi connectivity index (χ1n) is 8.06. The molecule has 0 aliphatic rings. The summed E-state index contributed by atoms with van der Waals surface area (Å²) < 4.78 is 12.3. The minimum Gasteiger partial charge on any atom is -0.467 e. The van der Waals surface area contributed by atoms with Crippen LogP contribution in [-0.2, 0) is 0 Å². The van der Waals surface area contributed by atoms with Gasteiger partial charge in [0, 0.05) is 24.3 Å². The summed E-state index contributed by atoms with van der Waals surface area (Å²) in [5.41, 5.74) is -0.267. The third-order valence-corrected chi connectivity index (χ3v) is 4.06. The van der Waals surface area contributed by atoms with Crippen LogP contribution in [0.5, 0.6) is 0 Å². The zero-order valence-corrected chi connectivity index (χ0v) is 13.7. The Labute approximate surface area is 147 Å². The van der Waals surface area contributed by atoms with E-state index < -0.39 is 11.5 Å². The predicted molar refractivity (Wildman–Crippen MR) is 93.9 cm³/mol. The summed E-state index contributed by atoms with van der Waals surface area (Å²) in [6.45, 7) is 0.209. The number of para-hydroxylation sites is 1. The SMILES string of the molecule is O=C(NC[C@@H](c1ccco1)n1cccn1)c1cc2ccccc2oc1=O. The number of hydrogen-bond donors (Lipinski definition) is 1. The smallest absolute Gasteiger partial charge is 0.349 e. The number of carbonyl (C=O) groups excluding carboxylic acids is 1. The van der Waals surface area contributed by atoms with E-state index in [2.05, 4.69) is 10.4 Å². The minimum atomic E-state index is -0.671. The van der Waals surface area contributed by atoms with E-state index in [0.717, 1.165) is 0 Å². The molecule has 3 aromatic heterocycles. The number of furan rings is 1. The second-order valence-electron chi connectivity index (χ2n) is 5.71. The highest BCUT2D eigenvalue weighted by atomic mass is 16.4. The second-order valence-corrected chi connectivity index (χ2v) is 5.71. The van der Waals surface area contributed by atoms with Crippen molar-refractivity contribution in [2.24, 2.45) is 0 Å². The van der Waals surface area contributed by atoms with Crippen molar-refractivity contribution >= 4 is 16.9 Å². The average molecular weight is 349 g/mol. The van der Waals surface area contributed by atoms with Crippen LogP contribution >= 0.6 is 0 Å². The first-order valence-corrected chi connectivity index (χ1v) is 8.06. The number of rotatable bonds is 5. The molecule has 4 aromatic rings. The molecule has 0 saturated carbocycles. The fraction of sp³-hybridized carbons (Fsp3) is 0.105. The molecule has 1 N–H and O–H groups in total. The van der Waals surface area contributed by atoms with E-state index in [0.29, 0.717) is 16.7 Å². The maximum atomic E-state index is 12.5. The molecule has 1 amide bonds. The summed E-state index contributed by atoms with van der Waals surface area (Å²) in [7, 11) is 0. The quantitative estimate of drug-likeness (QED) is 0.559. The van der Waals surface area contributed by atoms with Gasteiger partial charge in [-0.15, -0.1) is 0 Å². The first kappa shape index (κ1) is 15.9. The molecular formula is C19H15N3O4. The van der Waals surface area contributed by atoms with Crippen molar-refractivity contribution in [3.05, 3.63) is 88.9 Å². The zero-order valence-electron chi connectivity index (χ0n) is 13.7. The van der Waals surface area contributed by atoms with Gasteiger partial charge in [0.25, 0.3) is 5.91 Å². The highest BCUT2D eigenvalue weighted by Gasteiger charge is 2.20. The van der Waals surface area contributed by atoms with Crippen LogP contribution in [0.25, 0.3) is 11.0 Å². The number of benzene rings is 1. The van der Waals surface area contributed by atoms with Gasteiger partial charge < -0.3 is 14.2 Å². The standard InChI is InChI=1S/C19H15N3O4/c23-18(14-11-13-5-1-2-6-16(13)26-19(14)24)20-12-15(17-7-3-10-25-17)22-9-4-8-21-22/h1-11,15H,12H2,(H,20,23)/t15-/m0/s1.